The van der Waals surface area contributed by atoms with Gasteiger partial charge in [-0.3, -0.25) is 0 Å². The maximum Gasteiger partial charge on any atom is 0.0571 e. The summed E-state index contributed by atoms with van der Waals surface area (Å²) in [7, 11) is 0.0380. The van der Waals surface area contributed by atoms with E-state index in [9.17, 15) is 0 Å². The Kier molecular flexibility index (Phi) is 20.6. The van der Waals surface area contributed by atoms with Gasteiger partial charge in [-0.05, 0) is 19.3 Å². The normalized spacial score (nSPS) is 10.6. The summed E-state index contributed by atoms with van der Waals surface area (Å²) in [4.78, 5) is 0. The molecule has 0 heterocycles. The number of rotatable bonds is 12. The third-order valence-corrected chi connectivity index (χ3v) is 6.58. The fraction of sp³-hybridized carbons (Fsp3) is 1.00. The van der Waals surface area contributed by atoms with Crippen LogP contribution in [0.4, 0.5) is 0 Å². The molecule has 0 aromatic carbocycles. The van der Waals surface area contributed by atoms with E-state index in [0.29, 0.717) is 0 Å². The summed E-state index contributed by atoms with van der Waals surface area (Å²) in [6, 6.07) is 0. The zero-order valence-corrected chi connectivity index (χ0v) is 15.4. The fourth-order valence-electron chi connectivity index (χ4n) is 2.25. The van der Waals surface area contributed by atoms with Crippen molar-refractivity contribution >= 4 is 7.92 Å². The minimum absolute atomic E-state index is 0. The molecule has 0 aromatic rings. The molecule has 0 aliphatic carbocycles. The summed E-state index contributed by atoms with van der Waals surface area (Å²) in [5.41, 5.74) is 0. The van der Waals surface area contributed by atoms with Gasteiger partial charge in [0.25, 0.3) is 0 Å². The average Bonchev–Trinajstić information content (AvgIpc) is 2.29. The second-order valence-electron chi connectivity index (χ2n) is 5.12. The Morgan fingerprint density at radius 1 is 0.529 bits per heavy atom. The predicted octanol–water partition coefficient (Wildman–Crippen LogP) is 5.77. The van der Waals surface area contributed by atoms with Crippen molar-refractivity contribution in [2.24, 2.45) is 0 Å². The molecule has 0 bridgehead atoms. The van der Waals surface area contributed by atoms with E-state index in [4.69, 9.17) is 0 Å². The van der Waals surface area contributed by atoms with Gasteiger partial charge in [-0.15, -0.1) is 0 Å². The van der Waals surface area contributed by atoms with E-state index in [1.54, 1.807) is 18.5 Å². The zero-order valence-electron chi connectivity index (χ0n) is 12.4. The van der Waals surface area contributed by atoms with Crippen LogP contribution in [0, 0.1) is 0 Å². The molecule has 0 spiro atoms. The quantitative estimate of drug-likeness (QED) is 0.240. The Morgan fingerprint density at radius 2 is 0.824 bits per heavy atom. The standard InChI is InChI=1S/C15H33P.Mo/c1-4-7-10-13-16(14-11-8-5-2)15-12-9-6-3;/h4-15H2,1-3H3;/p+1. The molecule has 0 atom stereocenters. The molecule has 0 nitrogen and oxygen atoms in total. The molecule has 0 fully saturated rings. The van der Waals surface area contributed by atoms with Crippen molar-refractivity contribution in [2.45, 2.75) is 78.6 Å². The Morgan fingerprint density at radius 3 is 1.06 bits per heavy atom. The first kappa shape index (κ1) is 20.4. The van der Waals surface area contributed by atoms with Crippen molar-refractivity contribution in [3.63, 3.8) is 0 Å². The smallest absolute Gasteiger partial charge is 0.0571 e. The molecule has 0 N–H and O–H groups in total. The Bertz CT molecular complexity index is 104. The summed E-state index contributed by atoms with van der Waals surface area (Å²) < 4.78 is 0. The molecule has 0 radical (unpaired) electrons. The van der Waals surface area contributed by atoms with Crippen LogP contribution in [0.2, 0.25) is 0 Å². The molecule has 0 aliphatic heterocycles. The van der Waals surface area contributed by atoms with Crippen molar-refractivity contribution in [3.8, 4) is 0 Å². The van der Waals surface area contributed by atoms with E-state index in [1.807, 2.05) is 0 Å². The number of hydrogen-bond donors (Lipinski definition) is 0. The molecule has 0 unspecified atom stereocenters. The summed E-state index contributed by atoms with van der Waals surface area (Å²) in [6.07, 6.45) is 17.9. The average molecular weight is 341 g/mol. The van der Waals surface area contributed by atoms with Gasteiger partial charge in [-0.25, -0.2) is 0 Å². The minimum atomic E-state index is 0. The van der Waals surface area contributed by atoms with Crippen LogP contribution >= 0.6 is 7.92 Å². The first-order valence-electron chi connectivity index (χ1n) is 7.68. The maximum absolute atomic E-state index is 2.32. The molecule has 0 saturated carbocycles. The number of hydrogen-bond acceptors (Lipinski definition) is 0. The second-order valence-corrected chi connectivity index (χ2v) is 8.12. The third kappa shape index (κ3) is 15.1. The van der Waals surface area contributed by atoms with Gasteiger partial charge in [0.15, 0.2) is 0 Å². The third-order valence-electron chi connectivity index (χ3n) is 3.40. The van der Waals surface area contributed by atoms with E-state index in [2.05, 4.69) is 20.8 Å². The SMILES string of the molecule is CCCCC[PH+](CCCCC)CCCCC.[Mo]. The molecule has 0 saturated heterocycles. The van der Waals surface area contributed by atoms with Crippen LogP contribution in [0.5, 0.6) is 0 Å². The maximum atomic E-state index is 2.32. The van der Waals surface area contributed by atoms with Gasteiger partial charge < -0.3 is 0 Å². The van der Waals surface area contributed by atoms with Crippen molar-refractivity contribution in [3.05, 3.63) is 0 Å². The summed E-state index contributed by atoms with van der Waals surface area (Å²) in [5.74, 6) is 0. The first-order valence-corrected chi connectivity index (χ1v) is 9.80. The second kappa shape index (κ2) is 17.1. The molecular weight excluding hydrogens is 307 g/mol. The topological polar surface area (TPSA) is 0 Å². The molecule has 0 aromatic heterocycles. The van der Waals surface area contributed by atoms with E-state index in [1.165, 1.54) is 57.8 Å². The zero-order chi connectivity index (χ0) is 12.1. The molecule has 2 heteroatoms. The monoisotopic (exact) mass is 343 g/mol. The van der Waals surface area contributed by atoms with Crippen LogP contribution in [0.1, 0.15) is 78.6 Å². The Labute approximate surface area is 126 Å². The van der Waals surface area contributed by atoms with Gasteiger partial charge >= 0.3 is 0 Å². The molecule has 17 heavy (non-hydrogen) atoms. The molecular formula is C15H34MoP+. The van der Waals surface area contributed by atoms with E-state index >= 15 is 0 Å². The summed E-state index contributed by atoms with van der Waals surface area (Å²) in [6.45, 7) is 6.96. The number of unbranched alkanes of at least 4 members (excludes halogenated alkanes) is 6. The largest absolute Gasteiger partial charge is 0.0654 e. The van der Waals surface area contributed by atoms with Gasteiger partial charge in [0, 0.05) is 29.0 Å². The van der Waals surface area contributed by atoms with Crippen molar-refractivity contribution < 1.29 is 21.1 Å². The molecule has 0 rings (SSSR count). The van der Waals surface area contributed by atoms with Crippen LogP contribution in [-0.2, 0) is 21.1 Å². The minimum Gasteiger partial charge on any atom is -0.0654 e. The van der Waals surface area contributed by atoms with Crippen molar-refractivity contribution in [1.29, 1.82) is 0 Å². The van der Waals surface area contributed by atoms with Gasteiger partial charge in [0.05, 0.1) is 18.5 Å². The molecule has 0 amide bonds. The van der Waals surface area contributed by atoms with Crippen molar-refractivity contribution in [1.82, 2.24) is 0 Å². The van der Waals surface area contributed by atoms with Gasteiger partial charge in [-0.1, -0.05) is 59.3 Å². The Hall–Kier alpha value is 1.12. The van der Waals surface area contributed by atoms with Crippen LogP contribution in [-0.4, -0.2) is 18.5 Å². The van der Waals surface area contributed by atoms with Crippen LogP contribution in [0.15, 0.2) is 0 Å². The van der Waals surface area contributed by atoms with Gasteiger partial charge in [0.1, 0.15) is 0 Å². The van der Waals surface area contributed by atoms with Crippen molar-refractivity contribution in [2.75, 3.05) is 18.5 Å². The van der Waals surface area contributed by atoms with E-state index < -0.39 is 0 Å². The fourth-order valence-corrected chi connectivity index (χ4v) is 5.25. The van der Waals surface area contributed by atoms with Crippen LogP contribution in [0.3, 0.4) is 0 Å². The van der Waals surface area contributed by atoms with E-state index in [-0.39, 0.29) is 29.0 Å². The first-order chi connectivity index (χ1) is 7.85. The van der Waals surface area contributed by atoms with Gasteiger partial charge in [-0.2, -0.15) is 0 Å². The molecule has 0 aliphatic rings. The van der Waals surface area contributed by atoms with E-state index in [0.717, 1.165) is 0 Å². The van der Waals surface area contributed by atoms with Gasteiger partial charge in [0.2, 0.25) is 0 Å². The van der Waals surface area contributed by atoms with Crippen LogP contribution < -0.4 is 0 Å². The summed E-state index contributed by atoms with van der Waals surface area (Å²) in [5, 5.41) is 0. The Balaban J connectivity index is 0. The predicted molar refractivity (Wildman–Crippen MR) is 81.5 cm³/mol. The molecule has 104 valence electrons. The summed E-state index contributed by atoms with van der Waals surface area (Å²) >= 11 is 0. The van der Waals surface area contributed by atoms with Crippen LogP contribution in [0.25, 0.3) is 0 Å².